The lowest BCUT2D eigenvalue weighted by atomic mass is 10.3. The second-order valence-corrected chi connectivity index (χ2v) is 35.9. The van der Waals surface area contributed by atoms with Gasteiger partial charge in [-0.1, -0.05) is 6.58 Å². The zero-order chi connectivity index (χ0) is 25.6. The van der Waals surface area contributed by atoms with E-state index in [9.17, 15) is 4.79 Å². The van der Waals surface area contributed by atoms with E-state index in [0.717, 1.165) is 0 Å². The van der Waals surface area contributed by atoms with Crippen molar-refractivity contribution >= 4 is 57.5 Å². The number of hydrogen-bond acceptors (Lipinski definition) is 6. The van der Waals surface area contributed by atoms with Crippen molar-refractivity contribution in [3.05, 3.63) is 12.2 Å². The van der Waals surface area contributed by atoms with E-state index >= 15 is 0 Å². The molecule has 0 saturated carbocycles. The molecule has 0 aliphatic heterocycles. The first-order chi connectivity index (χ1) is 14.0. The molecular weight excluding hydrogens is 507 g/mol. The van der Waals surface area contributed by atoms with Gasteiger partial charge in [0.15, 0.2) is 33.3 Å². The van der Waals surface area contributed by atoms with Crippen LogP contribution in [0.5, 0.6) is 0 Å². The Bertz CT molecular complexity index is 590. The first kappa shape index (κ1) is 32.3. The average molecular weight is 556 g/mol. The SMILES string of the molecule is C=C(C)C(=O)NCCC[Si](O[SiH](O[Si](C)(C)C)O[Si](C)(C)C)(O[Si](C)(C)C)O[Si](C)(C)C. The molecule has 1 amide bonds. The molecule has 0 aromatic carbocycles. The van der Waals surface area contributed by atoms with Gasteiger partial charge in [-0.25, -0.2) is 0 Å². The fourth-order valence-corrected chi connectivity index (χ4v) is 21.4. The minimum absolute atomic E-state index is 0.133. The van der Waals surface area contributed by atoms with Crippen molar-refractivity contribution in [3.63, 3.8) is 0 Å². The predicted octanol–water partition coefficient (Wildman–Crippen LogP) is 5.15. The minimum Gasteiger partial charge on any atom is -0.419 e. The minimum atomic E-state index is -3.12. The van der Waals surface area contributed by atoms with Crippen LogP contribution in [-0.4, -0.2) is 64.1 Å². The van der Waals surface area contributed by atoms with Crippen LogP contribution in [-0.2, 0) is 25.4 Å². The van der Waals surface area contributed by atoms with Crippen LogP contribution in [0.4, 0.5) is 0 Å². The molecule has 32 heavy (non-hydrogen) atoms. The van der Waals surface area contributed by atoms with Gasteiger partial charge in [-0.3, -0.25) is 4.79 Å². The summed E-state index contributed by atoms with van der Waals surface area (Å²) in [5.41, 5.74) is 0.501. The first-order valence-corrected chi connectivity index (χ1v) is 28.4. The summed E-state index contributed by atoms with van der Waals surface area (Å²) in [4.78, 5) is 11.9. The summed E-state index contributed by atoms with van der Waals surface area (Å²) >= 11 is 0. The van der Waals surface area contributed by atoms with Gasteiger partial charge in [0.05, 0.1) is 0 Å². The van der Waals surface area contributed by atoms with Crippen molar-refractivity contribution in [2.75, 3.05) is 6.54 Å². The summed E-state index contributed by atoms with van der Waals surface area (Å²) < 4.78 is 33.2. The summed E-state index contributed by atoms with van der Waals surface area (Å²) in [5, 5.41) is 2.91. The number of carbonyl (C=O) groups excluding carboxylic acids is 1. The molecule has 0 aromatic heterocycles. The molecule has 13 heteroatoms. The molecule has 0 aliphatic carbocycles. The Hall–Kier alpha value is 0.311. The smallest absolute Gasteiger partial charge is 0.419 e. The third-order valence-corrected chi connectivity index (χ3v) is 21.2. The summed E-state index contributed by atoms with van der Waals surface area (Å²) in [6.07, 6.45) is 0.696. The second kappa shape index (κ2) is 12.3. The van der Waals surface area contributed by atoms with E-state index in [-0.39, 0.29) is 5.91 Å². The van der Waals surface area contributed by atoms with Crippen LogP contribution in [0, 0.1) is 0 Å². The lowest BCUT2D eigenvalue weighted by molar-refractivity contribution is -0.117. The Kier molecular flexibility index (Phi) is 12.4. The van der Waals surface area contributed by atoms with Gasteiger partial charge in [0, 0.05) is 18.2 Å². The van der Waals surface area contributed by atoms with Crippen molar-refractivity contribution in [2.24, 2.45) is 0 Å². The fraction of sp³-hybridized carbons (Fsp3) is 0.842. The largest absolute Gasteiger partial charge is 0.472 e. The van der Waals surface area contributed by atoms with Crippen molar-refractivity contribution < 1.29 is 25.4 Å². The quantitative estimate of drug-likeness (QED) is 0.171. The Balaban J connectivity index is 5.96. The van der Waals surface area contributed by atoms with Gasteiger partial charge in [0.1, 0.15) is 0 Å². The maximum Gasteiger partial charge on any atom is 0.472 e. The van der Waals surface area contributed by atoms with E-state index in [2.05, 4.69) is 90.5 Å². The Morgan fingerprint density at radius 2 is 1.16 bits per heavy atom. The molecule has 0 unspecified atom stereocenters. The fourth-order valence-electron chi connectivity index (χ4n) is 2.62. The number of carbonyl (C=O) groups is 1. The highest BCUT2D eigenvalue weighted by Crippen LogP contribution is 2.29. The van der Waals surface area contributed by atoms with Gasteiger partial charge < -0.3 is 25.9 Å². The van der Waals surface area contributed by atoms with Crippen molar-refractivity contribution in [2.45, 2.75) is 98.0 Å². The highest BCUT2D eigenvalue weighted by molar-refractivity contribution is 6.89. The van der Waals surface area contributed by atoms with Crippen LogP contribution >= 0.6 is 0 Å². The second-order valence-electron chi connectivity index (χ2n) is 12.1. The molecule has 0 radical (unpaired) electrons. The third kappa shape index (κ3) is 16.9. The van der Waals surface area contributed by atoms with Crippen LogP contribution in [0.15, 0.2) is 12.2 Å². The maximum absolute atomic E-state index is 11.9. The molecule has 0 spiro atoms. The van der Waals surface area contributed by atoms with E-state index in [4.69, 9.17) is 20.6 Å². The van der Waals surface area contributed by atoms with Gasteiger partial charge in [0.2, 0.25) is 5.91 Å². The van der Waals surface area contributed by atoms with E-state index in [0.29, 0.717) is 24.6 Å². The summed E-state index contributed by atoms with van der Waals surface area (Å²) in [7, 11) is -13.4. The number of hydrogen-bond donors (Lipinski definition) is 1. The highest BCUT2D eigenvalue weighted by atomic mass is 28.5. The first-order valence-electron chi connectivity index (χ1n) is 11.4. The van der Waals surface area contributed by atoms with Gasteiger partial charge in [-0.15, -0.1) is 0 Å². The van der Waals surface area contributed by atoms with Crippen LogP contribution < -0.4 is 5.32 Å². The van der Waals surface area contributed by atoms with E-state index in [1.54, 1.807) is 6.92 Å². The summed E-state index contributed by atoms with van der Waals surface area (Å²) in [6.45, 7) is 31.8. The monoisotopic (exact) mass is 555 g/mol. The predicted molar refractivity (Wildman–Crippen MR) is 149 cm³/mol. The summed E-state index contributed by atoms with van der Waals surface area (Å²) in [5.74, 6) is -0.133. The molecule has 7 nitrogen and oxygen atoms in total. The van der Waals surface area contributed by atoms with Gasteiger partial charge in [-0.2, -0.15) is 0 Å². The summed E-state index contributed by atoms with van der Waals surface area (Å²) in [6, 6.07) is 0.617. The lowest BCUT2D eigenvalue weighted by Crippen LogP contribution is -2.61. The zero-order valence-electron chi connectivity index (χ0n) is 22.9. The molecule has 0 aromatic rings. The Morgan fingerprint density at radius 3 is 1.47 bits per heavy atom. The average Bonchev–Trinajstić information content (AvgIpc) is 2.43. The molecule has 0 bridgehead atoms. The van der Waals surface area contributed by atoms with Crippen LogP contribution in [0.2, 0.25) is 84.6 Å². The standard InChI is InChI=1S/C19H49NO6Si6/c1-18(2)19(21)20-16-15-17-32(25-30(9,10)11,26-31(12,13)14)24-27(22-28(3,4)5)23-29(6,7)8/h27H,1,15-17H2,2-14H3,(H,20,21). The van der Waals surface area contributed by atoms with Gasteiger partial charge in [0.25, 0.3) is 0 Å². The molecule has 0 fully saturated rings. The molecular formula is C19H49NO6Si6. The van der Waals surface area contributed by atoms with Crippen LogP contribution in [0.3, 0.4) is 0 Å². The Labute approximate surface area is 204 Å². The molecule has 0 rings (SSSR count). The van der Waals surface area contributed by atoms with Crippen LogP contribution in [0.1, 0.15) is 13.3 Å². The normalized spacial score (nSPS) is 14.1. The molecule has 0 saturated heterocycles. The van der Waals surface area contributed by atoms with Gasteiger partial charge >= 0.3 is 18.3 Å². The molecule has 190 valence electrons. The molecule has 0 heterocycles. The number of rotatable bonds is 15. The number of nitrogens with one attached hydrogen (secondary N) is 1. The zero-order valence-corrected chi connectivity index (χ0v) is 29.0. The Morgan fingerprint density at radius 1 is 0.750 bits per heavy atom. The molecule has 1 N–H and O–H groups in total. The van der Waals surface area contributed by atoms with E-state index in [1.165, 1.54) is 0 Å². The van der Waals surface area contributed by atoms with Gasteiger partial charge in [-0.05, 0) is 91.9 Å². The van der Waals surface area contributed by atoms with Crippen molar-refractivity contribution in [1.29, 1.82) is 0 Å². The van der Waals surface area contributed by atoms with Crippen molar-refractivity contribution in [3.8, 4) is 0 Å². The third-order valence-electron chi connectivity index (χ3n) is 3.43. The lowest BCUT2D eigenvalue weighted by Gasteiger charge is -2.42. The maximum atomic E-state index is 11.9. The van der Waals surface area contributed by atoms with Crippen LogP contribution in [0.25, 0.3) is 0 Å². The van der Waals surface area contributed by atoms with E-state index in [1.807, 2.05) is 0 Å². The van der Waals surface area contributed by atoms with Crippen molar-refractivity contribution in [1.82, 2.24) is 5.32 Å². The van der Waals surface area contributed by atoms with E-state index < -0.39 is 51.6 Å². The molecule has 0 aliphatic rings. The molecule has 0 atom stereocenters. The highest BCUT2D eigenvalue weighted by Gasteiger charge is 2.50. The topological polar surface area (TPSA) is 75.3 Å². The number of amides is 1.